The molecule has 2 aromatic carbocycles. The zero-order valence-corrected chi connectivity index (χ0v) is 18.1. The molecule has 1 saturated heterocycles. The van der Waals surface area contributed by atoms with Gasteiger partial charge in [-0.05, 0) is 50.6 Å². The summed E-state index contributed by atoms with van der Waals surface area (Å²) in [6.45, 7) is 9.86. The number of piperazine rings is 1. The van der Waals surface area contributed by atoms with Crippen molar-refractivity contribution in [2.45, 2.75) is 20.8 Å². The molecule has 0 aliphatic carbocycles. The molecular formula is C25H26FN5. The third-order valence-corrected chi connectivity index (χ3v) is 6.01. The van der Waals surface area contributed by atoms with Gasteiger partial charge < -0.3 is 9.80 Å². The predicted octanol–water partition coefficient (Wildman–Crippen LogP) is 4.79. The van der Waals surface area contributed by atoms with Crippen LogP contribution in [0.1, 0.15) is 17.0 Å². The maximum Gasteiger partial charge on any atom is 0.165 e. The number of rotatable bonds is 3. The predicted molar refractivity (Wildman–Crippen MR) is 123 cm³/mol. The third kappa shape index (κ3) is 3.63. The average Bonchev–Trinajstić information content (AvgIpc) is 3.10. The molecule has 5 nitrogen and oxygen atoms in total. The lowest BCUT2D eigenvalue weighted by atomic mass is 10.1. The molecule has 4 aromatic rings. The quantitative estimate of drug-likeness (QED) is 0.482. The normalized spacial score (nSPS) is 14.5. The largest absolute Gasteiger partial charge is 0.368 e. The van der Waals surface area contributed by atoms with Crippen molar-refractivity contribution in [3.05, 3.63) is 77.4 Å². The number of hydrogen-bond donors (Lipinski definition) is 0. The van der Waals surface area contributed by atoms with E-state index in [0.29, 0.717) is 0 Å². The Bertz CT molecular complexity index is 1220. The first-order valence-corrected chi connectivity index (χ1v) is 10.7. The number of halogens is 1. The summed E-state index contributed by atoms with van der Waals surface area (Å²) in [6.07, 6.45) is 0. The van der Waals surface area contributed by atoms with Crippen LogP contribution in [-0.2, 0) is 0 Å². The van der Waals surface area contributed by atoms with Gasteiger partial charge in [0.15, 0.2) is 5.65 Å². The van der Waals surface area contributed by atoms with E-state index in [2.05, 4.69) is 47.1 Å². The molecule has 0 spiro atoms. The molecule has 0 radical (unpaired) electrons. The molecule has 0 amide bonds. The molecule has 0 atom stereocenters. The minimum Gasteiger partial charge on any atom is -0.368 e. The topological polar surface area (TPSA) is 36.7 Å². The third-order valence-electron chi connectivity index (χ3n) is 6.01. The molecule has 158 valence electrons. The van der Waals surface area contributed by atoms with Gasteiger partial charge in [0.25, 0.3) is 0 Å². The number of aryl methyl sites for hydroxylation is 3. The fourth-order valence-corrected chi connectivity index (χ4v) is 4.35. The zero-order valence-electron chi connectivity index (χ0n) is 18.1. The Labute approximate surface area is 181 Å². The first-order chi connectivity index (χ1) is 15.0. The van der Waals surface area contributed by atoms with Gasteiger partial charge >= 0.3 is 0 Å². The molecule has 1 fully saturated rings. The van der Waals surface area contributed by atoms with E-state index in [1.54, 1.807) is 12.1 Å². The second kappa shape index (κ2) is 7.69. The molecule has 1 aliphatic heterocycles. The van der Waals surface area contributed by atoms with Crippen LogP contribution < -0.4 is 9.80 Å². The number of fused-ring (bicyclic) bond motifs is 1. The monoisotopic (exact) mass is 415 g/mol. The maximum absolute atomic E-state index is 13.4. The fraction of sp³-hybridized carbons (Fsp3) is 0.280. The van der Waals surface area contributed by atoms with Crippen LogP contribution in [-0.4, -0.2) is 40.8 Å². The van der Waals surface area contributed by atoms with Crippen LogP contribution in [0.25, 0.3) is 16.8 Å². The molecule has 0 saturated carbocycles. The smallest absolute Gasteiger partial charge is 0.165 e. The Morgan fingerprint density at radius 3 is 2.13 bits per heavy atom. The standard InChI is InChI=1S/C25H26FN5/c1-17-4-10-22(11-5-17)29-12-14-30(15-13-29)23-16-18(2)27-25-24(19(3)28-31(23)25)20-6-8-21(26)9-7-20/h4-11,16H,12-15H2,1-3H3. The van der Waals surface area contributed by atoms with Crippen molar-refractivity contribution in [2.24, 2.45) is 0 Å². The van der Waals surface area contributed by atoms with Crippen molar-refractivity contribution in [3.63, 3.8) is 0 Å². The Morgan fingerprint density at radius 2 is 1.45 bits per heavy atom. The highest BCUT2D eigenvalue weighted by Gasteiger charge is 2.23. The summed E-state index contributed by atoms with van der Waals surface area (Å²) in [5, 5.41) is 4.82. The Morgan fingerprint density at radius 1 is 0.806 bits per heavy atom. The van der Waals surface area contributed by atoms with Crippen LogP contribution in [0.2, 0.25) is 0 Å². The Balaban J connectivity index is 1.47. The van der Waals surface area contributed by atoms with Crippen molar-refractivity contribution in [3.8, 4) is 11.1 Å². The first kappa shape index (κ1) is 19.5. The van der Waals surface area contributed by atoms with Gasteiger partial charge in [0, 0.05) is 49.2 Å². The van der Waals surface area contributed by atoms with Crippen molar-refractivity contribution in [1.29, 1.82) is 0 Å². The van der Waals surface area contributed by atoms with Gasteiger partial charge in [-0.3, -0.25) is 0 Å². The van der Waals surface area contributed by atoms with E-state index in [0.717, 1.165) is 60.2 Å². The summed E-state index contributed by atoms with van der Waals surface area (Å²) in [7, 11) is 0. The van der Waals surface area contributed by atoms with Crippen molar-refractivity contribution in [1.82, 2.24) is 14.6 Å². The van der Waals surface area contributed by atoms with Gasteiger partial charge in [0.2, 0.25) is 0 Å². The van der Waals surface area contributed by atoms with Crippen LogP contribution in [0, 0.1) is 26.6 Å². The van der Waals surface area contributed by atoms with E-state index in [9.17, 15) is 4.39 Å². The Hall–Kier alpha value is -3.41. The van der Waals surface area contributed by atoms with Gasteiger partial charge in [0.05, 0.1) is 5.69 Å². The second-order valence-electron chi connectivity index (χ2n) is 8.27. The maximum atomic E-state index is 13.4. The van der Waals surface area contributed by atoms with E-state index < -0.39 is 0 Å². The van der Waals surface area contributed by atoms with Gasteiger partial charge in [0.1, 0.15) is 11.6 Å². The lowest BCUT2D eigenvalue weighted by molar-refractivity contribution is 0.628. The molecule has 0 bridgehead atoms. The molecule has 2 aromatic heterocycles. The van der Waals surface area contributed by atoms with E-state index in [4.69, 9.17) is 10.1 Å². The van der Waals surface area contributed by atoms with E-state index in [-0.39, 0.29) is 5.82 Å². The molecule has 31 heavy (non-hydrogen) atoms. The van der Waals surface area contributed by atoms with Gasteiger partial charge in [-0.1, -0.05) is 29.8 Å². The summed E-state index contributed by atoms with van der Waals surface area (Å²) >= 11 is 0. The lowest BCUT2D eigenvalue weighted by Gasteiger charge is -2.37. The van der Waals surface area contributed by atoms with Crippen LogP contribution in [0.5, 0.6) is 0 Å². The molecule has 1 aliphatic rings. The summed E-state index contributed by atoms with van der Waals surface area (Å²) < 4.78 is 15.4. The average molecular weight is 416 g/mol. The van der Waals surface area contributed by atoms with E-state index >= 15 is 0 Å². The van der Waals surface area contributed by atoms with Crippen LogP contribution in [0.3, 0.4) is 0 Å². The Kier molecular flexibility index (Phi) is 4.85. The molecule has 0 N–H and O–H groups in total. The summed E-state index contributed by atoms with van der Waals surface area (Å²) in [4.78, 5) is 9.60. The van der Waals surface area contributed by atoms with Crippen molar-refractivity contribution in [2.75, 3.05) is 36.0 Å². The second-order valence-corrected chi connectivity index (χ2v) is 8.27. The number of hydrogen-bond acceptors (Lipinski definition) is 4. The SMILES string of the molecule is Cc1ccc(N2CCN(c3cc(C)nc4c(-c5ccc(F)cc5)c(C)nn34)CC2)cc1. The van der Waals surface area contributed by atoms with Crippen molar-refractivity contribution >= 4 is 17.2 Å². The minimum atomic E-state index is -0.242. The molecule has 0 unspecified atom stereocenters. The number of anilines is 2. The van der Waals surface area contributed by atoms with Gasteiger partial charge in [-0.25, -0.2) is 9.37 Å². The molecule has 3 heterocycles. The van der Waals surface area contributed by atoms with Crippen molar-refractivity contribution < 1.29 is 4.39 Å². The lowest BCUT2D eigenvalue weighted by Crippen LogP contribution is -2.47. The number of benzene rings is 2. The van der Waals surface area contributed by atoms with Crippen LogP contribution in [0.15, 0.2) is 54.6 Å². The highest BCUT2D eigenvalue weighted by atomic mass is 19.1. The fourth-order valence-electron chi connectivity index (χ4n) is 4.35. The first-order valence-electron chi connectivity index (χ1n) is 10.7. The summed E-state index contributed by atoms with van der Waals surface area (Å²) in [5.74, 6) is 0.816. The van der Waals surface area contributed by atoms with Gasteiger partial charge in [-0.2, -0.15) is 9.61 Å². The number of aromatic nitrogens is 3. The molecule has 5 rings (SSSR count). The highest BCUT2D eigenvalue weighted by molar-refractivity contribution is 5.81. The summed E-state index contributed by atoms with van der Waals surface area (Å²) in [6, 6.07) is 17.4. The molecular weight excluding hydrogens is 389 g/mol. The molecule has 6 heteroatoms. The summed E-state index contributed by atoms with van der Waals surface area (Å²) in [5.41, 5.74) is 7.11. The van der Waals surface area contributed by atoms with Crippen LogP contribution in [0.4, 0.5) is 15.9 Å². The van der Waals surface area contributed by atoms with E-state index in [1.165, 1.54) is 23.4 Å². The van der Waals surface area contributed by atoms with Gasteiger partial charge in [-0.15, -0.1) is 0 Å². The number of nitrogens with zero attached hydrogens (tertiary/aromatic N) is 5. The zero-order chi connectivity index (χ0) is 21.5. The minimum absolute atomic E-state index is 0.242. The van der Waals surface area contributed by atoms with E-state index in [1.807, 2.05) is 18.4 Å². The highest BCUT2D eigenvalue weighted by Crippen LogP contribution is 2.31. The van der Waals surface area contributed by atoms with Crippen LogP contribution >= 0.6 is 0 Å².